The molecule has 0 aromatic heterocycles. The summed E-state index contributed by atoms with van der Waals surface area (Å²) in [6.07, 6.45) is 0.497. The van der Waals surface area contributed by atoms with Gasteiger partial charge in [-0.1, -0.05) is 78.9 Å². The Morgan fingerprint density at radius 3 is 2.15 bits per heavy atom. The largest absolute Gasteiger partial charge is 0.459 e. The van der Waals surface area contributed by atoms with E-state index in [0.29, 0.717) is 31.4 Å². The van der Waals surface area contributed by atoms with Crippen LogP contribution in [0.1, 0.15) is 34.3 Å². The first-order valence-electron chi connectivity index (χ1n) is 13.0. The summed E-state index contributed by atoms with van der Waals surface area (Å²) >= 11 is 0. The van der Waals surface area contributed by atoms with Crippen LogP contribution in [0.25, 0.3) is 0 Å². The number of ether oxygens (including phenoxy) is 1. The summed E-state index contributed by atoms with van der Waals surface area (Å²) < 4.78 is 18.8. The summed E-state index contributed by atoms with van der Waals surface area (Å²) in [6, 6.07) is 25.8. The number of hydrogen-bond acceptors (Lipinski definition) is 5. The molecule has 0 spiro atoms. The first-order chi connectivity index (χ1) is 18.8. The standard InChI is InChI=1S/C30H33N2O6P/c33-28(32-18-10-17-27(32)30(35)38-20-24-13-6-2-7-14-24)22-39(36,37)21-26(19-23-11-4-1-5-12-23)31-29(34)25-15-8-3-9-16-25/h1-9,11-16,26-27H,10,17-22H2,(H,31,34)(H,36,37)/t26?,27-/m0/s1. The highest BCUT2D eigenvalue weighted by Crippen LogP contribution is 2.42. The highest BCUT2D eigenvalue weighted by Gasteiger charge is 2.38. The van der Waals surface area contributed by atoms with Crippen molar-refractivity contribution in [3.63, 3.8) is 0 Å². The van der Waals surface area contributed by atoms with Crippen LogP contribution in [0.2, 0.25) is 0 Å². The van der Waals surface area contributed by atoms with Crippen LogP contribution in [0.15, 0.2) is 91.0 Å². The molecule has 0 aliphatic carbocycles. The fraction of sp³-hybridized carbons (Fsp3) is 0.300. The van der Waals surface area contributed by atoms with Gasteiger partial charge in [0.15, 0.2) is 0 Å². The highest BCUT2D eigenvalue weighted by atomic mass is 31.2. The van der Waals surface area contributed by atoms with Crippen molar-refractivity contribution in [2.24, 2.45) is 0 Å². The second-order valence-corrected chi connectivity index (χ2v) is 12.1. The van der Waals surface area contributed by atoms with Crippen LogP contribution >= 0.6 is 7.37 Å². The molecule has 1 fully saturated rings. The third-order valence-electron chi connectivity index (χ3n) is 6.65. The molecular weight excluding hydrogens is 515 g/mol. The summed E-state index contributed by atoms with van der Waals surface area (Å²) in [6.45, 7) is 0.418. The molecule has 9 heteroatoms. The van der Waals surface area contributed by atoms with Crippen LogP contribution < -0.4 is 5.32 Å². The van der Waals surface area contributed by atoms with Gasteiger partial charge >= 0.3 is 5.97 Å². The molecule has 3 aromatic rings. The molecule has 0 bridgehead atoms. The lowest BCUT2D eigenvalue weighted by molar-refractivity contribution is -0.154. The molecule has 1 aliphatic rings. The van der Waals surface area contributed by atoms with E-state index in [2.05, 4.69) is 5.32 Å². The van der Waals surface area contributed by atoms with E-state index in [9.17, 15) is 23.8 Å². The fourth-order valence-corrected chi connectivity index (χ4v) is 6.41. The van der Waals surface area contributed by atoms with E-state index in [4.69, 9.17) is 4.74 Å². The minimum atomic E-state index is -4.02. The Morgan fingerprint density at radius 1 is 0.923 bits per heavy atom. The Balaban J connectivity index is 1.39. The minimum Gasteiger partial charge on any atom is -0.459 e. The zero-order chi connectivity index (χ0) is 27.7. The highest BCUT2D eigenvalue weighted by molar-refractivity contribution is 7.59. The van der Waals surface area contributed by atoms with E-state index in [1.807, 2.05) is 60.7 Å². The molecule has 4 rings (SSSR count). The number of nitrogens with zero attached hydrogens (tertiary/aromatic N) is 1. The molecule has 1 saturated heterocycles. The SMILES string of the molecule is O=C(NC(Cc1ccccc1)CP(=O)(O)CC(=O)N1CCC[C@H]1C(=O)OCc1ccccc1)c1ccccc1. The summed E-state index contributed by atoms with van der Waals surface area (Å²) in [5, 5.41) is 2.87. The van der Waals surface area contributed by atoms with Crippen molar-refractivity contribution in [2.75, 3.05) is 18.9 Å². The molecule has 2 N–H and O–H groups in total. The maximum atomic E-state index is 13.3. The van der Waals surface area contributed by atoms with E-state index < -0.39 is 37.5 Å². The average molecular weight is 549 g/mol. The molecule has 39 heavy (non-hydrogen) atoms. The Kier molecular flexibility index (Phi) is 9.69. The monoisotopic (exact) mass is 548 g/mol. The van der Waals surface area contributed by atoms with Gasteiger partial charge in [-0.2, -0.15) is 0 Å². The van der Waals surface area contributed by atoms with E-state index in [1.165, 1.54) is 4.90 Å². The maximum Gasteiger partial charge on any atom is 0.329 e. The predicted molar refractivity (Wildman–Crippen MR) is 148 cm³/mol. The van der Waals surface area contributed by atoms with E-state index in [-0.39, 0.29) is 18.7 Å². The normalized spacial score (nSPS) is 17.2. The molecule has 3 atom stereocenters. The maximum absolute atomic E-state index is 13.3. The van der Waals surface area contributed by atoms with Gasteiger partial charge in [-0.25, -0.2) is 4.79 Å². The van der Waals surface area contributed by atoms with E-state index in [1.54, 1.807) is 30.3 Å². The second-order valence-electron chi connectivity index (χ2n) is 9.75. The number of carbonyl (C=O) groups is 3. The molecule has 204 valence electrons. The molecule has 1 aliphatic heterocycles. The van der Waals surface area contributed by atoms with Gasteiger partial charge in [0.2, 0.25) is 13.3 Å². The van der Waals surface area contributed by atoms with Gasteiger partial charge in [0.05, 0.1) is 0 Å². The van der Waals surface area contributed by atoms with Gasteiger partial charge in [0.25, 0.3) is 5.91 Å². The summed E-state index contributed by atoms with van der Waals surface area (Å²) in [4.78, 5) is 51.0. The number of hydrogen-bond donors (Lipinski definition) is 2. The number of likely N-dealkylation sites (tertiary alicyclic amines) is 1. The van der Waals surface area contributed by atoms with Crippen LogP contribution in [-0.4, -0.2) is 58.5 Å². The van der Waals surface area contributed by atoms with Crippen molar-refractivity contribution in [1.82, 2.24) is 10.2 Å². The van der Waals surface area contributed by atoms with Gasteiger partial charge in [-0.3, -0.25) is 14.2 Å². The van der Waals surface area contributed by atoms with Gasteiger partial charge < -0.3 is 19.8 Å². The third-order valence-corrected chi connectivity index (χ3v) is 8.43. The summed E-state index contributed by atoms with van der Waals surface area (Å²) in [5.41, 5.74) is 2.17. The van der Waals surface area contributed by atoms with Gasteiger partial charge in [0.1, 0.15) is 18.8 Å². The predicted octanol–water partition coefficient (Wildman–Crippen LogP) is 4.03. The van der Waals surface area contributed by atoms with Crippen molar-refractivity contribution in [3.8, 4) is 0 Å². The number of nitrogens with one attached hydrogen (secondary N) is 1. The van der Waals surface area contributed by atoms with E-state index >= 15 is 0 Å². The smallest absolute Gasteiger partial charge is 0.329 e. The van der Waals surface area contributed by atoms with Crippen LogP contribution in [0.5, 0.6) is 0 Å². The van der Waals surface area contributed by atoms with Gasteiger partial charge in [-0.15, -0.1) is 0 Å². The summed E-state index contributed by atoms with van der Waals surface area (Å²) in [5.74, 6) is -1.44. The van der Waals surface area contributed by atoms with Crippen molar-refractivity contribution in [1.29, 1.82) is 0 Å². The average Bonchev–Trinajstić information content (AvgIpc) is 3.43. The molecule has 2 unspecified atom stereocenters. The zero-order valence-corrected chi connectivity index (χ0v) is 22.5. The van der Waals surface area contributed by atoms with Crippen LogP contribution in [0, 0.1) is 0 Å². The molecule has 0 radical (unpaired) electrons. The first kappa shape index (κ1) is 28.3. The Hall–Kier alpha value is -3.74. The van der Waals surface area contributed by atoms with Crippen molar-refractivity contribution >= 4 is 25.2 Å². The molecule has 3 aromatic carbocycles. The molecule has 8 nitrogen and oxygen atoms in total. The van der Waals surface area contributed by atoms with Crippen LogP contribution in [-0.2, 0) is 31.9 Å². The molecular formula is C30H33N2O6P. The number of esters is 1. The number of carbonyl (C=O) groups excluding carboxylic acids is 3. The lowest BCUT2D eigenvalue weighted by Gasteiger charge is -2.26. The zero-order valence-electron chi connectivity index (χ0n) is 21.6. The number of rotatable bonds is 11. The Bertz CT molecular complexity index is 1300. The third kappa shape index (κ3) is 8.37. The summed E-state index contributed by atoms with van der Waals surface area (Å²) in [7, 11) is -4.02. The van der Waals surface area contributed by atoms with Crippen molar-refractivity contribution in [3.05, 3.63) is 108 Å². The van der Waals surface area contributed by atoms with E-state index in [0.717, 1.165) is 11.1 Å². The van der Waals surface area contributed by atoms with Crippen molar-refractivity contribution in [2.45, 2.75) is 38.0 Å². The topological polar surface area (TPSA) is 113 Å². The minimum absolute atomic E-state index is 0.0962. The number of benzene rings is 3. The van der Waals surface area contributed by atoms with Gasteiger partial charge in [0, 0.05) is 24.3 Å². The molecule has 2 amide bonds. The Labute approximate surface area is 228 Å². The first-order valence-corrected chi connectivity index (χ1v) is 15.0. The quantitative estimate of drug-likeness (QED) is 0.276. The van der Waals surface area contributed by atoms with Crippen LogP contribution in [0.3, 0.4) is 0 Å². The number of amides is 2. The fourth-order valence-electron chi connectivity index (χ4n) is 4.76. The van der Waals surface area contributed by atoms with Crippen LogP contribution in [0.4, 0.5) is 0 Å². The lowest BCUT2D eigenvalue weighted by Crippen LogP contribution is -2.43. The second kappa shape index (κ2) is 13.4. The molecule has 1 heterocycles. The van der Waals surface area contributed by atoms with Gasteiger partial charge in [-0.05, 0) is 42.5 Å². The Morgan fingerprint density at radius 2 is 1.51 bits per heavy atom. The molecule has 0 saturated carbocycles. The lowest BCUT2D eigenvalue weighted by atomic mass is 10.1. The van der Waals surface area contributed by atoms with Crippen molar-refractivity contribution < 1.29 is 28.6 Å².